The molecule has 2 aliphatic rings. The number of hydrogen-bond acceptors (Lipinski definition) is 11. The van der Waals surface area contributed by atoms with Crippen molar-refractivity contribution in [3.8, 4) is 0 Å². The molecule has 0 saturated carbocycles. The number of nitrogens with zero attached hydrogens (tertiary/aromatic N) is 1. The molecule has 0 aromatic carbocycles. The summed E-state index contributed by atoms with van der Waals surface area (Å²) >= 11 is 0. The smallest absolute Gasteiger partial charge is 0.431 e. The molecule has 0 saturated heterocycles. The van der Waals surface area contributed by atoms with E-state index in [2.05, 4.69) is 21.0 Å². The van der Waals surface area contributed by atoms with Crippen LogP contribution >= 0.6 is 0 Å². The van der Waals surface area contributed by atoms with E-state index in [9.17, 15) is 24.3 Å². The molecule has 0 fully saturated rings. The van der Waals surface area contributed by atoms with Crippen LogP contribution in [0, 0.1) is 11.8 Å². The molecule has 4 N–H and O–H groups in total. The second kappa shape index (κ2) is 18.5. The van der Waals surface area contributed by atoms with Crippen LogP contribution in [0.3, 0.4) is 0 Å². The van der Waals surface area contributed by atoms with E-state index < -0.39 is 53.9 Å². The summed E-state index contributed by atoms with van der Waals surface area (Å²) < 4.78 is 16.9. The fraction of sp³-hybridized carbons (Fsp3) is 0.576. The number of methoxy groups -OCH3 is 2. The quantitative estimate of drug-likeness (QED) is 0.173. The molecule has 6 atom stereocenters. The minimum atomic E-state index is -0.967. The van der Waals surface area contributed by atoms with E-state index in [1.165, 1.54) is 27.4 Å². The maximum absolute atomic E-state index is 13.7. The van der Waals surface area contributed by atoms with Crippen LogP contribution in [0.4, 0.5) is 4.79 Å². The van der Waals surface area contributed by atoms with Crippen LogP contribution in [0.15, 0.2) is 58.5 Å². The fourth-order valence-electron chi connectivity index (χ4n) is 5.28. The topological polar surface area (TPSA) is 165 Å². The van der Waals surface area contributed by atoms with Gasteiger partial charge >= 0.3 is 6.09 Å². The Labute approximate surface area is 271 Å². The van der Waals surface area contributed by atoms with E-state index >= 15 is 0 Å². The first-order valence-electron chi connectivity index (χ1n) is 15.2. The maximum Gasteiger partial charge on any atom is 0.431 e. The molecule has 0 radical (unpaired) electrons. The minimum absolute atomic E-state index is 0.117. The number of nitrogens with one attached hydrogen (secondary N) is 3. The lowest BCUT2D eigenvalue weighted by Crippen LogP contribution is -2.38. The van der Waals surface area contributed by atoms with Gasteiger partial charge in [0, 0.05) is 50.4 Å². The number of ether oxygens (including phenoxy) is 3. The molecular formula is C33H50N4O9. The van der Waals surface area contributed by atoms with Gasteiger partial charge in [-0.15, -0.1) is 0 Å². The standard InChI is InChI=1S/C33H50N4O9/c1-19-15-23-28(34-13-14-37(5)6)25(38)18-24(30(23)40)35-32(41)20(2)11-10-12-26(43-7)31(46-33(42)36-45-9)22(4)17-21(3)29(39)27(16-19)44-8/h10-12,17-19,21,26-27,29,31,34,39H,13-16H2,1-9H3,(H,35,41)(H,36,42)/b12-10-,20-11+,22-17+/t19-,21+,26+,27+,29-,31+/m1/s1. The Morgan fingerprint density at radius 1 is 1.11 bits per heavy atom. The van der Waals surface area contributed by atoms with Gasteiger partial charge in [-0.3, -0.25) is 19.2 Å². The summed E-state index contributed by atoms with van der Waals surface area (Å²) in [6.45, 7) is 8.11. The predicted octanol–water partition coefficient (Wildman–Crippen LogP) is 2.11. The van der Waals surface area contributed by atoms with Crippen molar-refractivity contribution >= 4 is 23.6 Å². The Morgan fingerprint density at radius 3 is 2.41 bits per heavy atom. The van der Waals surface area contributed by atoms with E-state index in [1.807, 2.05) is 32.8 Å². The molecule has 2 bridgehead atoms. The van der Waals surface area contributed by atoms with Crippen LogP contribution in [-0.2, 0) is 33.4 Å². The lowest BCUT2D eigenvalue weighted by atomic mass is 9.85. The zero-order valence-corrected chi connectivity index (χ0v) is 28.3. The highest BCUT2D eigenvalue weighted by atomic mass is 16.7. The molecule has 2 amide bonds. The van der Waals surface area contributed by atoms with Gasteiger partial charge in [0.15, 0.2) is 6.10 Å². The molecule has 256 valence electrons. The zero-order chi connectivity index (χ0) is 34.6. The fourth-order valence-corrected chi connectivity index (χ4v) is 5.28. The molecule has 1 heterocycles. The number of Topliss-reactive ketones (excluding diaryl/α,β-unsaturated/α-hetero) is 1. The highest BCUT2D eigenvalue weighted by Crippen LogP contribution is 2.29. The number of rotatable bonds is 8. The molecule has 46 heavy (non-hydrogen) atoms. The summed E-state index contributed by atoms with van der Waals surface area (Å²) in [6.07, 6.45) is 4.01. The van der Waals surface area contributed by atoms with Gasteiger partial charge in [0.25, 0.3) is 5.91 Å². The van der Waals surface area contributed by atoms with Crippen molar-refractivity contribution in [1.82, 2.24) is 21.0 Å². The molecule has 13 nitrogen and oxygen atoms in total. The molecule has 1 aliphatic heterocycles. The number of likely N-dealkylation sites (N-methyl/N-ethyl adjacent to an activating group) is 1. The normalized spacial score (nSPS) is 30.1. The van der Waals surface area contributed by atoms with E-state index in [0.29, 0.717) is 25.1 Å². The van der Waals surface area contributed by atoms with E-state index in [4.69, 9.17) is 14.2 Å². The third-order valence-corrected chi connectivity index (χ3v) is 7.83. The van der Waals surface area contributed by atoms with Crippen molar-refractivity contribution in [2.24, 2.45) is 11.8 Å². The average Bonchev–Trinajstić information content (AvgIpc) is 2.99. The molecule has 13 heteroatoms. The van der Waals surface area contributed by atoms with Gasteiger partial charge in [0.1, 0.15) is 6.10 Å². The number of aliphatic hydroxyl groups excluding tert-OH is 1. The Balaban J connectivity index is 2.61. The number of fused-ring (bicyclic) bond motifs is 2. The van der Waals surface area contributed by atoms with Crippen LogP contribution in [0.1, 0.15) is 40.5 Å². The number of allylic oxidation sites excluding steroid dienone is 4. The summed E-state index contributed by atoms with van der Waals surface area (Å²) in [5, 5.41) is 17.1. The zero-order valence-electron chi connectivity index (χ0n) is 28.3. The van der Waals surface area contributed by atoms with Gasteiger partial charge in [0.05, 0.1) is 30.7 Å². The number of carbonyl (C=O) groups excluding carboxylic acids is 4. The van der Waals surface area contributed by atoms with Crippen LogP contribution < -0.4 is 16.1 Å². The van der Waals surface area contributed by atoms with Crippen molar-refractivity contribution < 1.29 is 43.3 Å². The highest BCUT2D eigenvalue weighted by molar-refractivity contribution is 6.23. The number of carbonyl (C=O) groups is 4. The monoisotopic (exact) mass is 646 g/mol. The van der Waals surface area contributed by atoms with Crippen LogP contribution in [0.25, 0.3) is 0 Å². The summed E-state index contributed by atoms with van der Waals surface area (Å²) in [4.78, 5) is 59.1. The number of ketones is 2. The second-order valence-corrected chi connectivity index (χ2v) is 11.9. The first-order chi connectivity index (χ1) is 21.7. The number of hydroxylamine groups is 1. The Hall–Kier alpha value is -3.62. The van der Waals surface area contributed by atoms with Gasteiger partial charge in [-0.05, 0) is 52.3 Å². The SMILES string of the molecule is CONC(=O)O[C@H]1/C(C)=C/[C@H](C)[C@@H](O)[C@@H](OC)C[C@H](C)CC2=C(NCCN(C)C)C(=O)C=C(NC(=O)/C(C)=C/C=C\[C@@H]1OC)C2=O. The summed E-state index contributed by atoms with van der Waals surface area (Å²) in [5.41, 5.74) is 3.32. The molecule has 0 aromatic rings. The van der Waals surface area contributed by atoms with E-state index in [0.717, 1.165) is 6.08 Å². The van der Waals surface area contributed by atoms with Gasteiger partial charge in [-0.2, -0.15) is 5.48 Å². The van der Waals surface area contributed by atoms with Crippen LogP contribution in [-0.4, -0.2) is 107 Å². The first kappa shape index (κ1) is 38.6. The summed E-state index contributed by atoms with van der Waals surface area (Å²) in [6, 6.07) is 0. The Kier molecular flexibility index (Phi) is 15.5. The molecule has 1 aliphatic carbocycles. The molecule has 0 aromatic heterocycles. The average molecular weight is 647 g/mol. The van der Waals surface area contributed by atoms with Crippen molar-refractivity contribution in [1.29, 1.82) is 0 Å². The number of hydrogen-bond donors (Lipinski definition) is 4. The van der Waals surface area contributed by atoms with Crippen molar-refractivity contribution in [2.75, 3.05) is 48.5 Å². The molecule has 0 spiro atoms. The number of amides is 2. The van der Waals surface area contributed by atoms with Crippen molar-refractivity contribution in [2.45, 2.75) is 65.0 Å². The highest BCUT2D eigenvalue weighted by Gasteiger charge is 2.33. The summed E-state index contributed by atoms with van der Waals surface area (Å²) in [7, 11) is 8.03. The van der Waals surface area contributed by atoms with E-state index in [1.54, 1.807) is 32.1 Å². The lowest BCUT2D eigenvalue weighted by molar-refractivity contribution is -0.120. The van der Waals surface area contributed by atoms with E-state index in [-0.39, 0.29) is 34.9 Å². The largest absolute Gasteiger partial charge is 0.437 e. The Morgan fingerprint density at radius 2 is 1.80 bits per heavy atom. The van der Waals surface area contributed by atoms with Gasteiger partial charge < -0.3 is 34.9 Å². The minimum Gasteiger partial charge on any atom is -0.437 e. The van der Waals surface area contributed by atoms with Crippen molar-refractivity contribution in [3.05, 3.63) is 58.5 Å². The van der Waals surface area contributed by atoms with Crippen molar-refractivity contribution in [3.63, 3.8) is 0 Å². The number of aliphatic hydroxyl groups is 1. The third-order valence-electron chi connectivity index (χ3n) is 7.83. The summed E-state index contributed by atoms with van der Waals surface area (Å²) in [5.74, 6) is -2.09. The third kappa shape index (κ3) is 11.0. The molecule has 0 unspecified atom stereocenters. The van der Waals surface area contributed by atoms with Gasteiger partial charge in [0.2, 0.25) is 11.6 Å². The van der Waals surface area contributed by atoms with Crippen LogP contribution in [0.5, 0.6) is 0 Å². The lowest BCUT2D eigenvalue weighted by Gasteiger charge is -2.30. The second-order valence-electron chi connectivity index (χ2n) is 11.9. The molecule has 2 rings (SSSR count). The first-order valence-corrected chi connectivity index (χ1v) is 15.2. The molecular weight excluding hydrogens is 596 g/mol. The predicted molar refractivity (Wildman–Crippen MR) is 172 cm³/mol. The van der Waals surface area contributed by atoms with Gasteiger partial charge in [-0.1, -0.05) is 38.2 Å². The Bertz CT molecular complexity index is 1270. The maximum atomic E-state index is 13.7. The van der Waals surface area contributed by atoms with Gasteiger partial charge in [-0.25, -0.2) is 4.79 Å². The van der Waals surface area contributed by atoms with Crippen LogP contribution in [0.2, 0.25) is 0 Å².